The van der Waals surface area contributed by atoms with Crippen molar-refractivity contribution in [3.63, 3.8) is 0 Å². The summed E-state index contributed by atoms with van der Waals surface area (Å²) >= 11 is 0. The molecule has 0 unspecified atom stereocenters. The highest BCUT2D eigenvalue weighted by molar-refractivity contribution is 5.63. The number of hydrogen-bond acceptors (Lipinski definition) is 7. The number of para-hydroxylation sites is 1. The van der Waals surface area contributed by atoms with Crippen molar-refractivity contribution in [2.24, 2.45) is 0 Å². The fourth-order valence-electron chi connectivity index (χ4n) is 3.97. The van der Waals surface area contributed by atoms with Gasteiger partial charge in [0.2, 0.25) is 5.95 Å². The molecule has 4 rings (SSSR count). The minimum absolute atomic E-state index is 0.141. The van der Waals surface area contributed by atoms with Crippen LogP contribution in [0.15, 0.2) is 42.5 Å². The Morgan fingerprint density at radius 3 is 2.60 bits per heavy atom. The molecule has 7 nitrogen and oxygen atoms in total. The average molecular weight is 401 g/mol. The van der Waals surface area contributed by atoms with Crippen LogP contribution in [0.5, 0.6) is 11.5 Å². The number of nitrogens with one attached hydrogen (secondary N) is 2. The van der Waals surface area contributed by atoms with Crippen LogP contribution < -0.4 is 20.1 Å². The highest BCUT2D eigenvalue weighted by atomic mass is 16.5. The zero-order valence-electron chi connectivity index (χ0n) is 17.2. The average Bonchev–Trinajstić information content (AvgIpc) is 3.22. The molecule has 2 aromatic carbocycles. The second-order valence-electron chi connectivity index (χ2n) is 6.99. The van der Waals surface area contributed by atoms with E-state index in [1.165, 1.54) is 0 Å². The summed E-state index contributed by atoms with van der Waals surface area (Å²) in [4.78, 5) is 9.52. The Hall–Kier alpha value is -3.79. The van der Waals surface area contributed by atoms with Crippen molar-refractivity contribution in [2.75, 3.05) is 31.9 Å². The molecule has 1 aliphatic carbocycles. The minimum Gasteiger partial charge on any atom is -0.496 e. The summed E-state index contributed by atoms with van der Waals surface area (Å²) in [6.07, 6.45) is 1.85. The number of nitrogens with zero attached hydrogens (tertiary/aromatic N) is 3. The van der Waals surface area contributed by atoms with E-state index in [1.54, 1.807) is 26.4 Å². The van der Waals surface area contributed by atoms with Crippen LogP contribution in [0.1, 0.15) is 34.7 Å². The highest BCUT2D eigenvalue weighted by Gasteiger charge is 2.31. The molecule has 7 heteroatoms. The summed E-state index contributed by atoms with van der Waals surface area (Å²) in [6.45, 7) is 0. The maximum Gasteiger partial charge on any atom is 0.229 e. The van der Waals surface area contributed by atoms with Gasteiger partial charge in [-0.3, -0.25) is 0 Å². The van der Waals surface area contributed by atoms with Gasteiger partial charge in [0.15, 0.2) is 0 Å². The van der Waals surface area contributed by atoms with Crippen LogP contribution in [0.3, 0.4) is 0 Å². The molecule has 0 spiro atoms. The quantitative estimate of drug-likeness (QED) is 0.638. The van der Waals surface area contributed by atoms with Crippen LogP contribution in [-0.2, 0) is 6.42 Å². The van der Waals surface area contributed by atoms with Gasteiger partial charge in [-0.2, -0.15) is 10.2 Å². The van der Waals surface area contributed by atoms with Gasteiger partial charge >= 0.3 is 0 Å². The Labute approximate surface area is 175 Å². The summed E-state index contributed by atoms with van der Waals surface area (Å²) in [5.74, 6) is 2.82. The molecule has 3 aromatic rings. The predicted molar refractivity (Wildman–Crippen MR) is 116 cm³/mol. The van der Waals surface area contributed by atoms with Crippen LogP contribution >= 0.6 is 0 Å². The molecular formula is C23H23N5O2. The lowest BCUT2D eigenvalue weighted by Crippen LogP contribution is -2.08. The summed E-state index contributed by atoms with van der Waals surface area (Å²) in [6, 6.07) is 15.5. The van der Waals surface area contributed by atoms with Crippen molar-refractivity contribution in [1.82, 2.24) is 9.97 Å². The maximum atomic E-state index is 9.19. The second-order valence-corrected chi connectivity index (χ2v) is 6.99. The van der Waals surface area contributed by atoms with Crippen LogP contribution in [0.2, 0.25) is 0 Å². The number of hydrogen-bond donors (Lipinski definition) is 2. The SMILES string of the molecule is CNc1nc(Nc2ccc(C#N)c(OC)c2)nc2c1CC[C@H]2c1ccccc1OC. The Morgan fingerprint density at radius 1 is 1.07 bits per heavy atom. The molecule has 2 N–H and O–H groups in total. The van der Waals surface area contributed by atoms with E-state index < -0.39 is 0 Å². The van der Waals surface area contributed by atoms with Crippen molar-refractivity contribution in [1.29, 1.82) is 5.26 Å². The molecule has 1 aromatic heterocycles. The van der Waals surface area contributed by atoms with Crippen LogP contribution in [-0.4, -0.2) is 31.2 Å². The number of aromatic nitrogens is 2. The first-order valence-electron chi connectivity index (χ1n) is 9.75. The van der Waals surface area contributed by atoms with E-state index in [0.29, 0.717) is 17.3 Å². The van der Waals surface area contributed by atoms with Gasteiger partial charge in [-0.05, 0) is 31.0 Å². The lowest BCUT2D eigenvalue weighted by atomic mass is 9.95. The zero-order valence-corrected chi connectivity index (χ0v) is 17.2. The molecule has 0 bridgehead atoms. The fraction of sp³-hybridized carbons (Fsp3) is 0.261. The second kappa shape index (κ2) is 8.29. The van der Waals surface area contributed by atoms with Crippen molar-refractivity contribution in [2.45, 2.75) is 18.8 Å². The smallest absolute Gasteiger partial charge is 0.229 e. The van der Waals surface area contributed by atoms with E-state index in [4.69, 9.17) is 14.5 Å². The van der Waals surface area contributed by atoms with Gasteiger partial charge in [0.25, 0.3) is 0 Å². The van der Waals surface area contributed by atoms with E-state index in [0.717, 1.165) is 46.9 Å². The van der Waals surface area contributed by atoms with Gasteiger partial charge in [-0.25, -0.2) is 4.98 Å². The van der Waals surface area contributed by atoms with Gasteiger partial charge in [0, 0.05) is 35.8 Å². The highest BCUT2D eigenvalue weighted by Crippen LogP contribution is 2.43. The van der Waals surface area contributed by atoms with Crippen molar-refractivity contribution in [3.8, 4) is 17.6 Å². The standard InChI is InChI=1S/C23H23N5O2/c1-25-22-18-11-10-17(16-6-4-5-7-19(16)29-2)21(18)27-23(28-22)26-15-9-8-14(13-24)20(12-15)30-3/h4-9,12,17H,10-11H2,1-3H3,(H2,25,26,27,28)/t17-/m0/s1. The monoisotopic (exact) mass is 401 g/mol. The summed E-state index contributed by atoms with van der Waals surface area (Å²) in [5, 5.41) is 15.6. The molecule has 0 fully saturated rings. The first-order valence-corrected chi connectivity index (χ1v) is 9.75. The number of anilines is 3. The Morgan fingerprint density at radius 2 is 1.87 bits per heavy atom. The Bertz CT molecular complexity index is 1120. The van der Waals surface area contributed by atoms with Crippen molar-refractivity contribution < 1.29 is 9.47 Å². The number of ether oxygens (including phenoxy) is 2. The number of methoxy groups -OCH3 is 2. The third-order valence-electron chi connectivity index (χ3n) is 5.38. The molecule has 1 aliphatic rings. The molecular weight excluding hydrogens is 378 g/mol. The molecule has 0 saturated carbocycles. The van der Waals surface area contributed by atoms with Crippen LogP contribution in [0.25, 0.3) is 0 Å². The van der Waals surface area contributed by atoms with Gasteiger partial charge in [-0.1, -0.05) is 18.2 Å². The molecule has 1 atom stereocenters. The molecule has 152 valence electrons. The molecule has 30 heavy (non-hydrogen) atoms. The number of nitriles is 1. The van der Waals surface area contributed by atoms with E-state index in [1.807, 2.05) is 31.3 Å². The van der Waals surface area contributed by atoms with Crippen molar-refractivity contribution >= 4 is 17.5 Å². The number of benzene rings is 2. The normalized spacial score (nSPS) is 14.5. The van der Waals surface area contributed by atoms with Gasteiger partial charge in [-0.15, -0.1) is 0 Å². The van der Waals surface area contributed by atoms with Gasteiger partial charge in [0.05, 0.1) is 25.5 Å². The maximum absolute atomic E-state index is 9.19. The zero-order chi connectivity index (χ0) is 21.1. The fourth-order valence-corrected chi connectivity index (χ4v) is 3.97. The third-order valence-corrected chi connectivity index (χ3v) is 5.38. The molecule has 0 saturated heterocycles. The predicted octanol–water partition coefficient (Wildman–Crippen LogP) is 4.23. The number of rotatable bonds is 6. The number of fused-ring (bicyclic) bond motifs is 1. The first-order chi connectivity index (χ1) is 14.7. The minimum atomic E-state index is 0.141. The van der Waals surface area contributed by atoms with E-state index in [-0.39, 0.29) is 5.92 Å². The Balaban J connectivity index is 1.73. The third kappa shape index (κ3) is 3.48. The summed E-state index contributed by atoms with van der Waals surface area (Å²) in [5.41, 5.74) is 4.49. The molecule has 0 aliphatic heterocycles. The Kier molecular flexibility index (Phi) is 5.40. The van der Waals surface area contributed by atoms with Crippen LogP contribution in [0.4, 0.5) is 17.5 Å². The topological polar surface area (TPSA) is 92.1 Å². The molecule has 1 heterocycles. The largest absolute Gasteiger partial charge is 0.496 e. The van der Waals surface area contributed by atoms with Crippen molar-refractivity contribution in [3.05, 3.63) is 64.8 Å². The van der Waals surface area contributed by atoms with Gasteiger partial charge in [0.1, 0.15) is 23.4 Å². The molecule has 0 radical (unpaired) electrons. The lowest BCUT2D eigenvalue weighted by molar-refractivity contribution is 0.407. The lowest BCUT2D eigenvalue weighted by Gasteiger charge is -2.17. The summed E-state index contributed by atoms with van der Waals surface area (Å²) in [7, 11) is 5.11. The van der Waals surface area contributed by atoms with Gasteiger partial charge < -0.3 is 20.1 Å². The molecule has 0 amide bonds. The van der Waals surface area contributed by atoms with E-state index in [2.05, 4.69) is 27.8 Å². The summed E-state index contributed by atoms with van der Waals surface area (Å²) < 4.78 is 10.9. The van der Waals surface area contributed by atoms with Crippen LogP contribution in [0, 0.1) is 11.3 Å². The first kappa shape index (κ1) is 19.5. The van der Waals surface area contributed by atoms with E-state index in [9.17, 15) is 5.26 Å². The van der Waals surface area contributed by atoms with E-state index >= 15 is 0 Å².